The molecule has 0 rings (SSSR count). The summed E-state index contributed by atoms with van der Waals surface area (Å²) in [6, 6.07) is 0. The highest BCUT2D eigenvalue weighted by atomic mass is 16.6. The first-order chi connectivity index (χ1) is 25.7. The number of rotatable bonds is 40. The molecule has 0 saturated carbocycles. The van der Waals surface area contributed by atoms with E-state index >= 15 is 0 Å². The highest BCUT2D eigenvalue weighted by molar-refractivity contribution is 5.71. The lowest BCUT2D eigenvalue weighted by Gasteiger charge is -2.18. The first-order valence-corrected chi connectivity index (χ1v) is 23.2. The van der Waals surface area contributed by atoms with Crippen LogP contribution < -0.4 is 0 Å². The van der Waals surface area contributed by atoms with Crippen molar-refractivity contribution in [2.75, 3.05) is 13.2 Å². The van der Waals surface area contributed by atoms with Crippen molar-refractivity contribution in [1.29, 1.82) is 0 Å². The van der Waals surface area contributed by atoms with Crippen LogP contribution in [0.3, 0.4) is 0 Å². The summed E-state index contributed by atoms with van der Waals surface area (Å²) in [4.78, 5) is 37.7. The molecule has 0 aromatic heterocycles. The zero-order valence-corrected chi connectivity index (χ0v) is 36.3. The van der Waals surface area contributed by atoms with Gasteiger partial charge >= 0.3 is 17.9 Å². The van der Waals surface area contributed by atoms with E-state index in [1.54, 1.807) is 0 Å². The molecular formula is C47H90O6. The average Bonchev–Trinajstić information content (AvgIpc) is 3.14. The minimum atomic E-state index is -0.762. The molecule has 3 atom stereocenters. The van der Waals surface area contributed by atoms with Gasteiger partial charge in [0, 0.05) is 19.3 Å². The molecule has 0 amide bonds. The Morgan fingerprint density at radius 2 is 0.660 bits per heavy atom. The van der Waals surface area contributed by atoms with Crippen molar-refractivity contribution in [3.05, 3.63) is 0 Å². The van der Waals surface area contributed by atoms with Gasteiger partial charge in [0.05, 0.1) is 0 Å². The van der Waals surface area contributed by atoms with E-state index in [4.69, 9.17) is 14.2 Å². The molecule has 0 aromatic carbocycles. The summed E-state index contributed by atoms with van der Waals surface area (Å²) < 4.78 is 16.7. The van der Waals surface area contributed by atoms with Crippen LogP contribution in [0.1, 0.15) is 247 Å². The van der Waals surface area contributed by atoms with E-state index in [-0.39, 0.29) is 31.1 Å². The molecule has 0 aliphatic rings. The summed E-state index contributed by atoms with van der Waals surface area (Å²) in [5, 5.41) is 0. The Labute approximate surface area is 329 Å². The maximum absolute atomic E-state index is 12.7. The molecule has 0 saturated heterocycles. The van der Waals surface area contributed by atoms with Crippen LogP contribution in [0, 0.1) is 17.8 Å². The minimum Gasteiger partial charge on any atom is -0.462 e. The summed E-state index contributed by atoms with van der Waals surface area (Å²) in [6.07, 6.45) is 35.2. The minimum absolute atomic E-state index is 0.0670. The second-order valence-electron chi connectivity index (χ2n) is 17.0. The zero-order valence-electron chi connectivity index (χ0n) is 36.3. The maximum atomic E-state index is 12.7. The number of ether oxygens (including phenoxy) is 3. The fraction of sp³-hybridized carbons (Fsp3) is 0.936. The van der Waals surface area contributed by atoms with Crippen LogP contribution in [0.5, 0.6) is 0 Å². The topological polar surface area (TPSA) is 78.9 Å². The average molecular weight is 751 g/mol. The van der Waals surface area contributed by atoms with Crippen LogP contribution in [0.25, 0.3) is 0 Å². The molecule has 314 valence electrons. The number of unbranched alkanes of at least 4 members (excludes halogenated alkanes) is 21. The molecule has 2 unspecified atom stereocenters. The van der Waals surface area contributed by atoms with Crippen molar-refractivity contribution < 1.29 is 28.6 Å². The van der Waals surface area contributed by atoms with Gasteiger partial charge in [-0.05, 0) is 37.0 Å². The third-order valence-electron chi connectivity index (χ3n) is 11.1. The quantitative estimate of drug-likeness (QED) is 0.0352. The molecule has 0 heterocycles. The third-order valence-corrected chi connectivity index (χ3v) is 11.1. The lowest BCUT2D eigenvalue weighted by atomic mass is 9.99. The standard InChI is InChI=1S/C47H90O6/c1-7-42(5)34-28-22-15-11-9-10-12-18-26-32-38-47(50)53-44(40-52-46(49)37-31-25-20-19-21-27-33-41(3)4)39-51-45(48)36-30-24-17-14-13-16-23-29-35-43(6)8-2/h41-44H,7-40H2,1-6H3/t42?,43?,44-/m0/s1. The molecule has 0 aliphatic carbocycles. The second kappa shape index (κ2) is 38.7. The van der Waals surface area contributed by atoms with E-state index in [1.807, 2.05) is 0 Å². The fourth-order valence-electron chi connectivity index (χ4n) is 6.81. The fourth-order valence-corrected chi connectivity index (χ4v) is 6.81. The summed E-state index contributed by atoms with van der Waals surface area (Å²) >= 11 is 0. The Morgan fingerprint density at radius 1 is 0.377 bits per heavy atom. The van der Waals surface area contributed by atoms with Crippen LogP contribution in [0.4, 0.5) is 0 Å². The van der Waals surface area contributed by atoms with Gasteiger partial charge < -0.3 is 14.2 Å². The normalized spacial score (nSPS) is 13.2. The van der Waals surface area contributed by atoms with E-state index < -0.39 is 6.10 Å². The van der Waals surface area contributed by atoms with Crippen molar-refractivity contribution in [2.45, 2.75) is 253 Å². The molecule has 0 aromatic rings. The van der Waals surface area contributed by atoms with Gasteiger partial charge in [0.15, 0.2) is 6.10 Å². The van der Waals surface area contributed by atoms with Crippen molar-refractivity contribution >= 4 is 17.9 Å². The molecule has 0 N–H and O–H groups in total. The predicted octanol–water partition coefficient (Wildman–Crippen LogP) is 14.4. The van der Waals surface area contributed by atoms with Gasteiger partial charge in [-0.15, -0.1) is 0 Å². The maximum Gasteiger partial charge on any atom is 0.306 e. The molecule has 6 heteroatoms. The molecular weight excluding hydrogens is 661 g/mol. The summed E-state index contributed by atoms with van der Waals surface area (Å²) in [6.45, 7) is 13.6. The van der Waals surface area contributed by atoms with Crippen molar-refractivity contribution in [1.82, 2.24) is 0 Å². The number of esters is 3. The molecule has 0 fully saturated rings. The summed E-state index contributed by atoms with van der Waals surface area (Å²) in [7, 11) is 0. The van der Waals surface area contributed by atoms with Crippen LogP contribution in [0.15, 0.2) is 0 Å². The lowest BCUT2D eigenvalue weighted by molar-refractivity contribution is -0.167. The Bertz CT molecular complexity index is 826. The Morgan fingerprint density at radius 3 is 0.981 bits per heavy atom. The Kier molecular flexibility index (Phi) is 37.5. The van der Waals surface area contributed by atoms with E-state index in [0.717, 1.165) is 75.5 Å². The molecule has 0 spiro atoms. The lowest BCUT2D eigenvalue weighted by Crippen LogP contribution is -2.30. The van der Waals surface area contributed by atoms with Crippen LogP contribution >= 0.6 is 0 Å². The molecule has 0 aliphatic heterocycles. The molecule has 0 bridgehead atoms. The van der Waals surface area contributed by atoms with Crippen molar-refractivity contribution in [2.24, 2.45) is 17.8 Å². The van der Waals surface area contributed by atoms with Gasteiger partial charge in [-0.2, -0.15) is 0 Å². The predicted molar refractivity (Wildman–Crippen MR) is 224 cm³/mol. The number of hydrogen-bond donors (Lipinski definition) is 0. The molecule has 6 nitrogen and oxygen atoms in total. The van der Waals surface area contributed by atoms with E-state index in [1.165, 1.54) is 128 Å². The van der Waals surface area contributed by atoms with Crippen molar-refractivity contribution in [3.8, 4) is 0 Å². The van der Waals surface area contributed by atoms with Crippen LogP contribution in [-0.2, 0) is 28.6 Å². The number of carbonyl (C=O) groups is 3. The highest BCUT2D eigenvalue weighted by Gasteiger charge is 2.19. The van der Waals surface area contributed by atoms with Gasteiger partial charge in [-0.25, -0.2) is 0 Å². The van der Waals surface area contributed by atoms with Gasteiger partial charge in [-0.3, -0.25) is 14.4 Å². The van der Waals surface area contributed by atoms with E-state index in [9.17, 15) is 14.4 Å². The SMILES string of the molecule is CCC(C)CCCCCCCCCCCCC(=O)O[C@@H](COC(=O)CCCCCCCCCCC(C)CC)COC(=O)CCCCCCCCC(C)C. The Hall–Kier alpha value is -1.59. The molecule has 0 radical (unpaired) electrons. The third kappa shape index (κ3) is 38.5. The highest BCUT2D eigenvalue weighted by Crippen LogP contribution is 2.18. The smallest absolute Gasteiger partial charge is 0.306 e. The summed E-state index contributed by atoms with van der Waals surface area (Å²) in [5.74, 6) is 1.61. The van der Waals surface area contributed by atoms with Gasteiger partial charge in [-0.1, -0.05) is 208 Å². The van der Waals surface area contributed by atoms with E-state index in [0.29, 0.717) is 19.3 Å². The summed E-state index contributed by atoms with van der Waals surface area (Å²) in [5.41, 5.74) is 0. The Balaban J connectivity index is 4.35. The first kappa shape index (κ1) is 51.4. The van der Waals surface area contributed by atoms with Crippen LogP contribution in [-0.4, -0.2) is 37.2 Å². The second-order valence-corrected chi connectivity index (χ2v) is 17.0. The molecule has 53 heavy (non-hydrogen) atoms. The van der Waals surface area contributed by atoms with Gasteiger partial charge in [0.2, 0.25) is 0 Å². The number of hydrogen-bond acceptors (Lipinski definition) is 6. The number of carbonyl (C=O) groups excluding carboxylic acids is 3. The first-order valence-electron chi connectivity index (χ1n) is 23.2. The monoisotopic (exact) mass is 751 g/mol. The van der Waals surface area contributed by atoms with Crippen molar-refractivity contribution in [3.63, 3.8) is 0 Å². The zero-order chi connectivity index (χ0) is 39.2. The van der Waals surface area contributed by atoms with Crippen LogP contribution in [0.2, 0.25) is 0 Å². The largest absolute Gasteiger partial charge is 0.462 e. The van der Waals surface area contributed by atoms with Gasteiger partial charge in [0.1, 0.15) is 13.2 Å². The van der Waals surface area contributed by atoms with E-state index in [2.05, 4.69) is 41.5 Å². The van der Waals surface area contributed by atoms with Gasteiger partial charge in [0.25, 0.3) is 0 Å².